The molecule has 32 heavy (non-hydrogen) atoms. The van der Waals surface area contributed by atoms with E-state index in [0.717, 1.165) is 12.8 Å². The summed E-state index contributed by atoms with van der Waals surface area (Å²) in [6.45, 7) is 0.863. The standard InChI is InChI=1S/C22H23N5O4S/c1-31-12-11-24-22-20(21(28)18-7-2-3-10-23-18)26-19(14-25-22)15-5-4-6-17(13-15)32(29,30)27-16-8-9-16/h2-7,10,13-14,16,27H,8-9,11-12H2,1H3,(H,24,25). The number of nitrogens with one attached hydrogen (secondary N) is 2. The molecule has 2 aromatic heterocycles. The van der Waals surface area contributed by atoms with Crippen molar-refractivity contribution in [2.75, 3.05) is 25.6 Å². The van der Waals surface area contributed by atoms with Crippen molar-refractivity contribution in [1.82, 2.24) is 19.7 Å². The fourth-order valence-corrected chi connectivity index (χ4v) is 4.37. The van der Waals surface area contributed by atoms with Crippen molar-refractivity contribution < 1.29 is 17.9 Å². The minimum absolute atomic E-state index is 0.00324. The number of ether oxygens (including phenoxy) is 1. The molecule has 9 nitrogen and oxygen atoms in total. The Labute approximate surface area is 186 Å². The van der Waals surface area contributed by atoms with Gasteiger partial charge >= 0.3 is 0 Å². The maximum atomic E-state index is 13.1. The van der Waals surface area contributed by atoms with Crippen LogP contribution in [-0.2, 0) is 14.8 Å². The number of carbonyl (C=O) groups is 1. The number of rotatable bonds is 10. The summed E-state index contributed by atoms with van der Waals surface area (Å²) < 4.78 is 32.9. The summed E-state index contributed by atoms with van der Waals surface area (Å²) in [5.41, 5.74) is 1.25. The molecular formula is C22H23N5O4S. The fraction of sp³-hybridized carbons (Fsp3) is 0.273. The number of methoxy groups -OCH3 is 1. The molecule has 10 heteroatoms. The van der Waals surface area contributed by atoms with Crippen LogP contribution in [0.3, 0.4) is 0 Å². The first-order valence-corrected chi connectivity index (χ1v) is 11.6. The highest BCUT2D eigenvalue weighted by Gasteiger charge is 2.28. The van der Waals surface area contributed by atoms with Crippen molar-refractivity contribution in [3.05, 3.63) is 66.2 Å². The van der Waals surface area contributed by atoms with Crippen LogP contribution in [0.5, 0.6) is 0 Å². The summed E-state index contributed by atoms with van der Waals surface area (Å²) in [5.74, 6) is -0.0836. The predicted molar refractivity (Wildman–Crippen MR) is 119 cm³/mol. The van der Waals surface area contributed by atoms with E-state index >= 15 is 0 Å². The SMILES string of the molecule is COCCNc1ncc(-c2cccc(S(=O)(=O)NC3CC3)c2)nc1C(=O)c1ccccn1. The highest BCUT2D eigenvalue weighted by molar-refractivity contribution is 7.89. The molecular weight excluding hydrogens is 430 g/mol. The Morgan fingerprint density at radius 1 is 1.16 bits per heavy atom. The van der Waals surface area contributed by atoms with Crippen molar-refractivity contribution in [2.24, 2.45) is 0 Å². The number of aromatic nitrogens is 3. The van der Waals surface area contributed by atoms with Gasteiger partial charge in [-0.15, -0.1) is 0 Å². The number of nitrogens with zero attached hydrogens (tertiary/aromatic N) is 3. The maximum Gasteiger partial charge on any atom is 0.240 e. The third kappa shape index (κ3) is 5.16. The van der Waals surface area contributed by atoms with Gasteiger partial charge < -0.3 is 10.1 Å². The van der Waals surface area contributed by atoms with Crippen LogP contribution >= 0.6 is 0 Å². The number of pyridine rings is 1. The molecule has 0 saturated heterocycles. The molecule has 1 aromatic carbocycles. The molecule has 1 saturated carbocycles. The van der Waals surface area contributed by atoms with Crippen molar-refractivity contribution in [1.29, 1.82) is 0 Å². The molecule has 1 aliphatic rings. The normalized spacial score (nSPS) is 13.7. The summed E-state index contributed by atoms with van der Waals surface area (Å²) in [6, 6.07) is 11.5. The van der Waals surface area contributed by atoms with Gasteiger partial charge in [0.05, 0.1) is 23.4 Å². The van der Waals surface area contributed by atoms with Crippen LogP contribution in [0, 0.1) is 0 Å². The molecule has 1 fully saturated rings. The zero-order chi connectivity index (χ0) is 22.6. The van der Waals surface area contributed by atoms with Crippen LogP contribution in [0.2, 0.25) is 0 Å². The molecule has 1 aliphatic carbocycles. The lowest BCUT2D eigenvalue weighted by atomic mass is 10.1. The van der Waals surface area contributed by atoms with E-state index in [1.807, 2.05) is 0 Å². The topological polar surface area (TPSA) is 123 Å². The quantitative estimate of drug-likeness (QED) is 0.354. The van der Waals surface area contributed by atoms with Gasteiger partial charge in [0.15, 0.2) is 11.5 Å². The summed E-state index contributed by atoms with van der Waals surface area (Å²) in [4.78, 5) is 26.3. The van der Waals surface area contributed by atoms with Gasteiger partial charge in [0.1, 0.15) is 5.69 Å². The first kappa shape index (κ1) is 22.0. The van der Waals surface area contributed by atoms with E-state index in [1.54, 1.807) is 37.4 Å². The molecule has 3 aromatic rings. The highest BCUT2D eigenvalue weighted by Crippen LogP contribution is 2.26. The van der Waals surface area contributed by atoms with Gasteiger partial charge in [-0.05, 0) is 37.1 Å². The minimum atomic E-state index is -3.62. The van der Waals surface area contributed by atoms with E-state index in [-0.39, 0.29) is 28.1 Å². The summed E-state index contributed by atoms with van der Waals surface area (Å²) in [7, 11) is -2.04. The van der Waals surface area contributed by atoms with Crippen LogP contribution in [0.15, 0.2) is 59.8 Å². The molecule has 4 rings (SSSR count). The number of benzene rings is 1. The first-order valence-electron chi connectivity index (χ1n) is 10.2. The Balaban J connectivity index is 1.70. The fourth-order valence-electron chi connectivity index (χ4n) is 3.02. The lowest BCUT2D eigenvalue weighted by molar-refractivity contribution is 0.103. The van der Waals surface area contributed by atoms with Gasteiger partial charge in [0, 0.05) is 31.5 Å². The van der Waals surface area contributed by atoms with Crippen molar-refractivity contribution >= 4 is 21.6 Å². The van der Waals surface area contributed by atoms with Gasteiger partial charge in [-0.25, -0.2) is 23.1 Å². The zero-order valence-electron chi connectivity index (χ0n) is 17.5. The highest BCUT2D eigenvalue weighted by atomic mass is 32.2. The third-order valence-corrected chi connectivity index (χ3v) is 6.34. The molecule has 0 unspecified atom stereocenters. The molecule has 0 spiro atoms. The number of carbonyl (C=O) groups excluding carboxylic acids is 1. The van der Waals surface area contributed by atoms with Gasteiger partial charge in [-0.2, -0.15) is 0 Å². The van der Waals surface area contributed by atoms with Gasteiger partial charge in [-0.1, -0.05) is 18.2 Å². The average molecular weight is 454 g/mol. The zero-order valence-corrected chi connectivity index (χ0v) is 18.3. The Morgan fingerprint density at radius 2 is 2.00 bits per heavy atom. The van der Waals surface area contributed by atoms with E-state index < -0.39 is 10.0 Å². The number of sulfonamides is 1. The van der Waals surface area contributed by atoms with Crippen LogP contribution in [-0.4, -0.2) is 55.5 Å². The van der Waals surface area contributed by atoms with E-state index in [2.05, 4.69) is 25.0 Å². The van der Waals surface area contributed by atoms with Crippen LogP contribution in [0.4, 0.5) is 5.82 Å². The lowest BCUT2D eigenvalue weighted by Crippen LogP contribution is -2.25. The predicted octanol–water partition coefficient (Wildman–Crippen LogP) is 2.27. The summed E-state index contributed by atoms with van der Waals surface area (Å²) in [5, 5.41) is 3.05. The Morgan fingerprint density at radius 3 is 2.72 bits per heavy atom. The number of hydrogen-bond donors (Lipinski definition) is 2. The smallest absolute Gasteiger partial charge is 0.240 e. The molecule has 0 atom stereocenters. The molecule has 0 aliphatic heterocycles. The Bertz CT molecular complexity index is 1210. The number of hydrogen-bond acceptors (Lipinski definition) is 8. The van der Waals surface area contributed by atoms with Crippen molar-refractivity contribution in [3.63, 3.8) is 0 Å². The number of anilines is 1. The second-order valence-corrected chi connectivity index (χ2v) is 9.05. The number of ketones is 1. The maximum absolute atomic E-state index is 13.1. The Hall–Kier alpha value is -3.21. The Kier molecular flexibility index (Phi) is 6.54. The second-order valence-electron chi connectivity index (χ2n) is 7.34. The largest absolute Gasteiger partial charge is 0.383 e. The monoisotopic (exact) mass is 453 g/mol. The van der Waals surface area contributed by atoms with Gasteiger partial charge in [-0.3, -0.25) is 9.78 Å². The molecule has 0 bridgehead atoms. The third-order valence-electron chi connectivity index (χ3n) is 4.82. The second kappa shape index (κ2) is 9.51. The van der Waals surface area contributed by atoms with Crippen LogP contribution in [0.1, 0.15) is 29.0 Å². The molecule has 0 amide bonds. The average Bonchev–Trinajstić information content (AvgIpc) is 3.63. The van der Waals surface area contributed by atoms with E-state index in [0.29, 0.717) is 30.2 Å². The lowest BCUT2D eigenvalue weighted by Gasteiger charge is -2.12. The molecule has 2 N–H and O–H groups in total. The van der Waals surface area contributed by atoms with Crippen molar-refractivity contribution in [2.45, 2.75) is 23.8 Å². The summed E-state index contributed by atoms with van der Waals surface area (Å²) >= 11 is 0. The van der Waals surface area contributed by atoms with E-state index in [9.17, 15) is 13.2 Å². The minimum Gasteiger partial charge on any atom is -0.383 e. The summed E-state index contributed by atoms with van der Waals surface area (Å²) in [6.07, 6.45) is 4.73. The van der Waals surface area contributed by atoms with Crippen LogP contribution < -0.4 is 10.0 Å². The molecule has 166 valence electrons. The van der Waals surface area contributed by atoms with E-state index in [1.165, 1.54) is 24.5 Å². The van der Waals surface area contributed by atoms with E-state index in [4.69, 9.17) is 4.74 Å². The van der Waals surface area contributed by atoms with Crippen molar-refractivity contribution in [3.8, 4) is 11.3 Å². The molecule has 2 heterocycles. The van der Waals surface area contributed by atoms with Crippen LogP contribution in [0.25, 0.3) is 11.3 Å². The molecule has 0 radical (unpaired) electrons. The van der Waals surface area contributed by atoms with Gasteiger partial charge in [0.2, 0.25) is 15.8 Å². The van der Waals surface area contributed by atoms with Gasteiger partial charge in [0.25, 0.3) is 0 Å². The first-order chi connectivity index (χ1) is 15.5.